The summed E-state index contributed by atoms with van der Waals surface area (Å²) in [5.41, 5.74) is 8.66. The Balaban J connectivity index is 2.44. The highest BCUT2D eigenvalue weighted by Gasteiger charge is 2.11. The Hall–Kier alpha value is -1.32. The lowest BCUT2D eigenvalue weighted by Gasteiger charge is -2.07. The number of H-pyrrole nitrogens is 1. The second-order valence-electron chi connectivity index (χ2n) is 3.89. The molecule has 0 fully saturated rings. The Labute approximate surface area is 88.9 Å². The predicted octanol–water partition coefficient (Wildman–Crippen LogP) is 1.86. The number of benzene rings is 1. The van der Waals surface area contributed by atoms with Crippen LogP contribution in [0.25, 0.3) is 10.9 Å². The van der Waals surface area contributed by atoms with Crippen molar-refractivity contribution in [1.29, 1.82) is 0 Å². The van der Waals surface area contributed by atoms with Gasteiger partial charge in [0.05, 0.1) is 6.10 Å². The van der Waals surface area contributed by atoms with E-state index in [0.29, 0.717) is 13.0 Å². The second kappa shape index (κ2) is 4.04. The molecule has 2 aromatic rings. The van der Waals surface area contributed by atoms with Crippen LogP contribution in [0.3, 0.4) is 0 Å². The molecule has 3 nitrogen and oxygen atoms in total. The second-order valence-corrected chi connectivity index (χ2v) is 3.89. The van der Waals surface area contributed by atoms with E-state index in [4.69, 9.17) is 5.73 Å². The van der Waals surface area contributed by atoms with E-state index < -0.39 is 6.10 Å². The van der Waals surface area contributed by atoms with Gasteiger partial charge in [-0.25, -0.2) is 0 Å². The molecule has 0 spiro atoms. The number of nitrogens with one attached hydrogen (secondary N) is 1. The number of aryl methyl sites for hydroxylation is 1. The molecule has 1 unspecified atom stereocenters. The monoisotopic (exact) mass is 204 g/mol. The van der Waals surface area contributed by atoms with Crippen molar-refractivity contribution in [2.45, 2.75) is 19.4 Å². The van der Waals surface area contributed by atoms with Gasteiger partial charge in [-0.3, -0.25) is 0 Å². The number of aliphatic hydroxyl groups excluding tert-OH is 1. The van der Waals surface area contributed by atoms with Crippen molar-refractivity contribution < 1.29 is 5.11 Å². The van der Waals surface area contributed by atoms with E-state index in [9.17, 15) is 5.11 Å². The first-order valence-corrected chi connectivity index (χ1v) is 5.18. The van der Waals surface area contributed by atoms with Crippen molar-refractivity contribution in [3.8, 4) is 0 Å². The van der Waals surface area contributed by atoms with Crippen molar-refractivity contribution >= 4 is 10.9 Å². The molecule has 0 saturated heterocycles. The largest absolute Gasteiger partial charge is 0.388 e. The molecular formula is C12H16N2O. The average molecular weight is 204 g/mol. The maximum atomic E-state index is 9.88. The van der Waals surface area contributed by atoms with E-state index in [1.54, 1.807) is 0 Å². The Kier molecular flexibility index (Phi) is 2.75. The van der Waals surface area contributed by atoms with E-state index in [0.717, 1.165) is 16.5 Å². The highest BCUT2D eigenvalue weighted by atomic mass is 16.3. The normalized spacial score (nSPS) is 13.3. The summed E-state index contributed by atoms with van der Waals surface area (Å²) >= 11 is 0. The molecule has 0 aliphatic carbocycles. The summed E-state index contributed by atoms with van der Waals surface area (Å²) in [5.74, 6) is 0. The Morgan fingerprint density at radius 3 is 3.00 bits per heavy atom. The van der Waals surface area contributed by atoms with Crippen molar-refractivity contribution in [3.05, 3.63) is 35.5 Å². The fourth-order valence-corrected chi connectivity index (χ4v) is 1.85. The summed E-state index contributed by atoms with van der Waals surface area (Å²) < 4.78 is 0. The predicted molar refractivity (Wildman–Crippen MR) is 61.7 cm³/mol. The van der Waals surface area contributed by atoms with E-state index in [1.165, 1.54) is 5.56 Å². The summed E-state index contributed by atoms with van der Waals surface area (Å²) in [7, 11) is 0. The number of aliphatic hydroxyl groups is 1. The van der Waals surface area contributed by atoms with Gasteiger partial charge in [0, 0.05) is 22.7 Å². The van der Waals surface area contributed by atoms with E-state index in [2.05, 4.69) is 24.0 Å². The van der Waals surface area contributed by atoms with Gasteiger partial charge in [0.2, 0.25) is 0 Å². The van der Waals surface area contributed by atoms with Crippen LogP contribution in [0.15, 0.2) is 24.4 Å². The molecule has 4 N–H and O–H groups in total. The highest BCUT2D eigenvalue weighted by molar-refractivity contribution is 5.84. The van der Waals surface area contributed by atoms with E-state index in [1.807, 2.05) is 12.3 Å². The van der Waals surface area contributed by atoms with Crippen LogP contribution in [0.2, 0.25) is 0 Å². The van der Waals surface area contributed by atoms with Gasteiger partial charge in [0.25, 0.3) is 0 Å². The van der Waals surface area contributed by atoms with Crippen LogP contribution in [-0.2, 0) is 0 Å². The zero-order valence-corrected chi connectivity index (χ0v) is 8.83. The zero-order valence-electron chi connectivity index (χ0n) is 8.83. The quantitative estimate of drug-likeness (QED) is 0.714. The number of aromatic nitrogens is 1. The third-order valence-corrected chi connectivity index (χ3v) is 2.67. The SMILES string of the molecule is Cc1ccc2c(C(O)CCN)c[nH]c2c1. The lowest BCUT2D eigenvalue weighted by molar-refractivity contribution is 0.172. The highest BCUT2D eigenvalue weighted by Crippen LogP contribution is 2.26. The molecule has 1 aromatic carbocycles. The Morgan fingerprint density at radius 2 is 2.27 bits per heavy atom. The molecule has 3 heteroatoms. The molecule has 1 atom stereocenters. The number of hydrogen-bond acceptors (Lipinski definition) is 2. The minimum Gasteiger partial charge on any atom is -0.388 e. The number of fused-ring (bicyclic) bond motifs is 1. The summed E-state index contributed by atoms with van der Waals surface area (Å²) in [4.78, 5) is 3.17. The summed E-state index contributed by atoms with van der Waals surface area (Å²) in [5, 5.41) is 11.0. The number of nitrogens with two attached hydrogens (primary N) is 1. The molecule has 80 valence electrons. The minimum atomic E-state index is -0.466. The number of aromatic amines is 1. The van der Waals surface area contributed by atoms with Crippen molar-refractivity contribution in [3.63, 3.8) is 0 Å². The first-order chi connectivity index (χ1) is 7.22. The molecule has 0 amide bonds. The fourth-order valence-electron chi connectivity index (χ4n) is 1.85. The molecule has 1 aromatic heterocycles. The van der Waals surface area contributed by atoms with Crippen LogP contribution >= 0.6 is 0 Å². The van der Waals surface area contributed by atoms with Gasteiger partial charge in [-0.1, -0.05) is 12.1 Å². The molecule has 15 heavy (non-hydrogen) atoms. The van der Waals surface area contributed by atoms with Crippen molar-refractivity contribution in [2.24, 2.45) is 5.73 Å². The first-order valence-electron chi connectivity index (χ1n) is 5.18. The summed E-state index contributed by atoms with van der Waals surface area (Å²) in [6, 6.07) is 6.17. The van der Waals surface area contributed by atoms with Gasteiger partial charge in [-0.15, -0.1) is 0 Å². The van der Waals surface area contributed by atoms with Gasteiger partial charge < -0.3 is 15.8 Å². The Bertz CT molecular complexity index is 462. The fraction of sp³-hybridized carbons (Fsp3) is 0.333. The maximum absolute atomic E-state index is 9.88. The van der Waals surface area contributed by atoms with Crippen LogP contribution in [0.5, 0.6) is 0 Å². The average Bonchev–Trinajstić information content (AvgIpc) is 2.60. The topological polar surface area (TPSA) is 62.0 Å². The molecule has 0 aliphatic heterocycles. The molecule has 2 rings (SSSR count). The zero-order chi connectivity index (χ0) is 10.8. The van der Waals surface area contributed by atoms with Gasteiger partial charge >= 0.3 is 0 Å². The van der Waals surface area contributed by atoms with Gasteiger partial charge in [-0.2, -0.15) is 0 Å². The molecule has 0 saturated carbocycles. The minimum absolute atomic E-state index is 0.466. The van der Waals surface area contributed by atoms with Crippen LogP contribution in [0, 0.1) is 6.92 Å². The number of rotatable bonds is 3. The summed E-state index contributed by atoms with van der Waals surface area (Å²) in [6.07, 6.45) is 2.00. The van der Waals surface area contributed by atoms with Crippen LogP contribution < -0.4 is 5.73 Å². The smallest absolute Gasteiger partial charge is 0.0822 e. The van der Waals surface area contributed by atoms with Gasteiger partial charge in [0.15, 0.2) is 0 Å². The maximum Gasteiger partial charge on any atom is 0.0822 e. The molecular weight excluding hydrogens is 188 g/mol. The van der Waals surface area contributed by atoms with Crippen LogP contribution in [0.4, 0.5) is 0 Å². The summed E-state index contributed by atoms with van der Waals surface area (Å²) in [6.45, 7) is 2.55. The molecule has 1 heterocycles. The first kappa shape index (κ1) is 10.2. The lowest BCUT2D eigenvalue weighted by atomic mass is 10.0. The standard InChI is InChI=1S/C12H16N2O/c1-8-2-3-9-10(12(15)4-5-13)7-14-11(9)6-8/h2-3,6-7,12,14-15H,4-5,13H2,1H3. The molecule has 0 bridgehead atoms. The Morgan fingerprint density at radius 1 is 1.47 bits per heavy atom. The molecule has 0 aliphatic rings. The third-order valence-electron chi connectivity index (χ3n) is 2.67. The van der Waals surface area contributed by atoms with Crippen molar-refractivity contribution in [1.82, 2.24) is 4.98 Å². The van der Waals surface area contributed by atoms with Crippen LogP contribution in [-0.4, -0.2) is 16.6 Å². The van der Waals surface area contributed by atoms with E-state index in [-0.39, 0.29) is 0 Å². The third kappa shape index (κ3) is 1.89. The van der Waals surface area contributed by atoms with E-state index >= 15 is 0 Å². The molecule has 0 radical (unpaired) electrons. The lowest BCUT2D eigenvalue weighted by Crippen LogP contribution is -2.06. The van der Waals surface area contributed by atoms with Crippen molar-refractivity contribution in [2.75, 3.05) is 6.54 Å². The van der Waals surface area contributed by atoms with Gasteiger partial charge in [0.1, 0.15) is 0 Å². The van der Waals surface area contributed by atoms with Crippen LogP contribution in [0.1, 0.15) is 23.7 Å². The van der Waals surface area contributed by atoms with Gasteiger partial charge in [-0.05, 0) is 31.5 Å². The number of hydrogen-bond donors (Lipinski definition) is 3.